The van der Waals surface area contributed by atoms with Gasteiger partial charge in [0.1, 0.15) is 11.9 Å². The number of esters is 1. The maximum Gasteiger partial charge on any atom is 0.490 e. The van der Waals surface area contributed by atoms with Crippen molar-refractivity contribution in [3.8, 4) is 17.0 Å². The lowest BCUT2D eigenvalue weighted by Gasteiger charge is -2.21. The standard InChI is InChI=1S/C16H15ClF3N3O4S/c1-26-12-3-2-8(17)4-10(12)11-5-13(24)22-15(28)23(11)7-9(6-21)27-14(25)16(18,19)20/h2-5,9H,6-7,21H2,1H3,(H,22,24,28)/t9-/m0/s1. The van der Waals surface area contributed by atoms with Gasteiger partial charge in [-0.25, -0.2) is 4.79 Å². The molecule has 1 heterocycles. The number of nitrogens with two attached hydrogens (primary N) is 1. The van der Waals surface area contributed by atoms with Crippen LogP contribution in [0.25, 0.3) is 11.3 Å². The van der Waals surface area contributed by atoms with Crippen LogP contribution in [0.4, 0.5) is 13.2 Å². The summed E-state index contributed by atoms with van der Waals surface area (Å²) in [5, 5.41) is 0.326. The molecule has 0 unspecified atom stereocenters. The van der Waals surface area contributed by atoms with Gasteiger partial charge >= 0.3 is 12.1 Å². The highest BCUT2D eigenvalue weighted by atomic mass is 35.5. The number of hydrogen-bond acceptors (Lipinski definition) is 6. The van der Waals surface area contributed by atoms with Gasteiger partial charge in [-0.1, -0.05) is 11.6 Å². The predicted molar refractivity (Wildman–Crippen MR) is 97.9 cm³/mol. The van der Waals surface area contributed by atoms with E-state index in [0.717, 1.165) is 0 Å². The van der Waals surface area contributed by atoms with E-state index >= 15 is 0 Å². The van der Waals surface area contributed by atoms with Gasteiger partial charge in [-0.15, -0.1) is 0 Å². The highest BCUT2D eigenvalue weighted by Crippen LogP contribution is 2.32. The molecule has 0 saturated carbocycles. The average Bonchev–Trinajstić information content (AvgIpc) is 2.61. The van der Waals surface area contributed by atoms with Crippen molar-refractivity contribution in [1.82, 2.24) is 9.55 Å². The first-order valence-electron chi connectivity index (χ1n) is 7.72. The van der Waals surface area contributed by atoms with Crippen LogP contribution in [0.15, 0.2) is 29.1 Å². The van der Waals surface area contributed by atoms with E-state index in [2.05, 4.69) is 9.72 Å². The van der Waals surface area contributed by atoms with Crippen molar-refractivity contribution in [1.29, 1.82) is 0 Å². The van der Waals surface area contributed by atoms with Gasteiger partial charge in [0.05, 0.1) is 19.3 Å². The van der Waals surface area contributed by atoms with E-state index < -0.39 is 30.4 Å². The van der Waals surface area contributed by atoms with Crippen molar-refractivity contribution in [3.63, 3.8) is 0 Å². The zero-order chi connectivity index (χ0) is 21.1. The third kappa shape index (κ3) is 5.12. The normalized spacial score (nSPS) is 12.5. The average molecular weight is 438 g/mol. The number of carbonyl (C=O) groups excluding carboxylic acids is 1. The largest absolute Gasteiger partial charge is 0.496 e. The molecule has 0 spiro atoms. The SMILES string of the molecule is COc1ccc(Cl)cc1-c1cc(=O)[nH]c(=S)n1C[C@H](CN)OC(=O)C(F)(F)F. The van der Waals surface area contributed by atoms with Crippen molar-refractivity contribution < 1.29 is 27.4 Å². The molecule has 152 valence electrons. The van der Waals surface area contributed by atoms with Crippen molar-refractivity contribution in [2.45, 2.75) is 18.8 Å². The molecule has 2 aromatic rings. The highest BCUT2D eigenvalue weighted by molar-refractivity contribution is 7.71. The quantitative estimate of drug-likeness (QED) is 0.532. The summed E-state index contributed by atoms with van der Waals surface area (Å²) in [7, 11) is 1.40. The first-order chi connectivity index (χ1) is 13.1. The van der Waals surface area contributed by atoms with Crippen molar-refractivity contribution in [2.24, 2.45) is 5.73 Å². The molecule has 0 aliphatic heterocycles. The lowest BCUT2D eigenvalue weighted by Crippen LogP contribution is -2.37. The molecule has 0 amide bonds. The number of methoxy groups -OCH3 is 1. The summed E-state index contributed by atoms with van der Waals surface area (Å²) < 4.78 is 48.3. The first kappa shape index (κ1) is 21.9. The summed E-state index contributed by atoms with van der Waals surface area (Å²) in [5.74, 6) is -2.03. The highest BCUT2D eigenvalue weighted by Gasteiger charge is 2.42. The molecule has 1 atom stereocenters. The summed E-state index contributed by atoms with van der Waals surface area (Å²) in [6.45, 7) is -0.742. The second-order valence-corrected chi connectivity index (χ2v) is 6.36. The van der Waals surface area contributed by atoms with E-state index in [1.807, 2.05) is 0 Å². The Kier molecular flexibility index (Phi) is 6.86. The van der Waals surface area contributed by atoms with Crippen molar-refractivity contribution >= 4 is 29.8 Å². The second kappa shape index (κ2) is 8.76. The zero-order valence-corrected chi connectivity index (χ0v) is 16.0. The van der Waals surface area contributed by atoms with E-state index in [-0.39, 0.29) is 17.0 Å². The molecule has 7 nitrogen and oxygen atoms in total. The van der Waals surface area contributed by atoms with Gasteiger partial charge in [-0.2, -0.15) is 13.2 Å². The summed E-state index contributed by atoms with van der Waals surface area (Å²) in [6, 6.07) is 5.78. The molecule has 1 aromatic heterocycles. The number of aromatic amines is 1. The van der Waals surface area contributed by atoms with Crippen molar-refractivity contribution in [2.75, 3.05) is 13.7 Å². The van der Waals surface area contributed by atoms with Crippen LogP contribution in [0, 0.1) is 4.77 Å². The lowest BCUT2D eigenvalue weighted by atomic mass is 10.1. The Hall–Kier alpha value is -2.37. The molecule has 0 bridgehead atoms. The molecular formula is C16H15ClF3N3O4S. The number of alkyl halides is 3. The smallest absolute Gasteiger partial charge is 0.490 e. The molecule has 12 heteroatoms. The molecule has 0 saturated heterocycles. The number of benzene rings is 1. The molecule has 0 aliphatic carbocycles. The van der Waals surface area contributed by atoms with E-state index in [4.69, 9.17) is 34.3 Å². The second-order valence-electron chi connectivity index (χ2n) is 5.54. The third-order valence-corrected chi connectivity index (χ3v) is 4.18. The van der Waals surface area contributed by atoms with Crippen LogP contribution in [0.5, 0.6) is 5.75 Å². The third-order valence-electron chi connectivity index (χ3n) is 3.63. The number of nitrogens with one attached hydrogen (secondary N) is 1. The number of aromatic nitrogens is 2. The Balaban J connectivity index is 2.54. The van der Waals surface area contributed by atoms with Crippen LogP contribution < -0.4 is 16.0 Å². The minimum Gasteiger partial charge on any atom is -0.496 e. The number of hydrogen-bond donors (Lipinski definition) is 2. The Labute approximate surface area is 166 Å². The Morgan fingerprint density at radius 2 is 2.07 bits per heavy atom. The summed E-state index contributed by atoms with van der Waals surface area (Å²) in [4.78, 5) is 25.4. The van der Waals surface area contributed by atoms with Gasteiger partial charge in [0.15, 0.2) is 4.77 Å². The van der Waals surface area contributed by atoms with Crippen LogP contribution >= 0.6 is 23.8 Å². The number of H-pyrrole nitrogens is 1. The molecule has 2 rings (SSSR count). The van der Waals surface area contributed by atoms with E-state index in [9.17, 15) is 22.8 Å². The van der Waals surface area contributed by atoms with Gasteiger partial charge in [0.25, 0.3) is 5.56 Å². The molecular weight excluding hydrogens is 423 g/mol. The van der Waals surface area contributed by atoms with Crippen LogP contribution in [0.2, 0.25) is 5.02 Å². The van der Waals surface area contributed by atoms with E-state index in [0.29, 0.717) is 16.3 Å². The van der Waals surface area contributed by atoms with Gasteiger partial charge in [-0.05, 0) is 30.4 Å². The number of halogens is 4. The Bertz CT molecular complexity index is 990. The number of ether oxygens (including phenoxy) is 2. The Morgan fingerprint density at radius 3 is 2.64 bits per heavy atom. The minimum atomic E-state index is -5.17. The molecule has 0 fully saturated rings. The van der Waals surface area contributed by atoms with E-state index in [1.54, 1.807) is 12.1 Å². The Morgan fingerprint density at radius 1 is 1.39 bits per heavy atom. The van der Waals surface area contributed by atoms with Gasteiger partial charge in [0.2, 0.25) is 0 Å². The number of carbonyl (C=O) groups is 1. The van der Waals surface area contributed by atoms with E-state index in [1.165, 1.54) is 23.8 Å². The maximum absolute atomic E-state index is 12.5. The molecule has 28 heavy (non-hydrogen) atoms. The molecule has 3 N–H and O–H groups in total. The summed E-state index contributed by atoms with van der Waals surface area (Å²) >= 11 is 11.1. The fourth-order valence-electron chi connectivity index (χ4n) is 2.39. The zero-order valence-electron chi connectivity index (χ0n) is 14.4. The van der Waals surface area contributed by atoms with Crippen LogP contribution in [0.3, 0.4) is 0 Å². The predicted octanol–water partition coefficient (Wildman–Crippen LogP) is 2.67. The first-order valence-corrected chi connectivity index (χ1v) is 8.51. The minimum absolute atomic E-state index is 0.106. The van der Waals surface area contributed by atoms with Crippen molar-refractivity contribution in [3.05, 3.63) is 44.4 Å². The summed E-state index contributed by atoms with van der Waals surface area (Å²) in [5.41, 5.74) is 5.47. The van der Waals surface area contributed by atoms with Gasteiger partial charge < -0.3 is 19.8 Å². The molecule has 0 radical (unpaired) electrons. The van der Waals surface area contributed by atoms with Crippen LogP contribution in [0.1, 0.15) is 0 Å². The van der Waals surface area contributed by atoms with Crippen LogP contribution in [-0.4, -0.2) is 41.5 Å². The van der Waals surface area contributed by atoms with Gasteiger partial charge in [-0.3, -0.25) is 9.78 Å². The monoisotopic (exact) mass is 437 g/mol. The van der Waals surface area contributed by atoms with Gasteiger partial charge in [0, 0.05) is 23.2 Å². The number of rotatable bonds is 6. The summed E-state index contributed by atoms with van der Waals surface area (Å²) in [6.07, 6.45) is -6.52. The van der Waals surface area contributed by atoms with Crippen LogP contribution in [-0.2, 0) is 16.1 Å². The molecule has 1 aromatic carbocycles. The fourth-order valence-corrected chi connectivity index (χ4v) is 2.83. The lowest BCUT2D eigenvalue weighted by molar-refractivity contribution is -0.205. The maximum atomic E-state index is 12.5. The molecule has 0 aliphatic rings. The fraction of sp³-hybridized carbons (Fsp3) is 0.312. The topological polar surface area (TPSA) is 99.3 Å². The number of nitrogens with zero attached hydrogens (tertiary/aromatic N) is 1.